The van der Waals surface area contributed by atoms with Gasteiger partial charge in [0.05, 0.1) is 17.6 Å². The van der Waals surface area contributed by atoms with E-state index >= 15 is 0 Å². The van der Waals surface area contributed by atoms with Gasteiger partial charge in [-0.15, -0.1) is 0 Å². The smallest absolute Gasteiger partial charge is 0.241 e. The number of rotatable bonds is 2. The highest BCUT2D eigenvalue weighted by atomic mass is 16.2. The number of fused-ring (bicyclic) bond motifs is 2. The number of amides is 2. The third-order valence-corrected chi connectivity index (χ3v) is 7.28. The summed E-state index contributed by atoms with van der Waals surface area (Å²) in [6, 6.07) is 0.162. The molecule has 1 saturated carbocycles. The molecule has 2 saturated heterocycles. The molecule has 0 radical (unpaired) electrons. The number of aromatic amines is 1. The molecule has 1 aromatic rings. The number of piperidine rings is 1. The van der Waals surface area contributed by atoms with E-state index in [1.165, 1.54) is 0 Å². The zero-order valence-corrected chi connectivity index (χ0v) is 16.5. The fourth-order valence-electron chi connectivity index (χ4n) is 5.38. The Balaban J connectivity index is 1.36. The summed E-state index contributed by atoms with van der Waals surface area (Å²) in [6.45, 7) is 4.18. The first-order chi connectivity index (χ1) is 13.6. The summed E-state index contributed by atoms with van der Waals surface area (Å²) in [6.07, 6.45) is 8.15. The van der Waals surface area contributed by atoms with Crippen molar-refractivity contribution in [2.24, 2.45) is 5.92 Å². The molecule has 3 aliphatic heterocycles. The zero-order chi connectivity index (χ0) is 19.3. The molecular formula is C20H30N6O2. The highest BCUT2D eigenvalue weighted by Gasteiger charge is 2.51. The van der Waals surface area contributed by atoms with Gasteiger partial charge in [-0.1, -0.05) is 6.42 Å². The minimum atomic E-state index is -0.355. The molecule has 2 atom stereocenters. The van der Waals surface area contributed by atoms with Crippen LogP contribution in [0.3, 0.4) is 0 Å². The molecule has 4 aliphatic rings. The average molecular weight is 387 g/mol. The van der Waals surface area contributed by atoms with Gasteiger partial charge in [0, 0.05) is 43.7 Å². The van der Waals surface area contributed by atoms with Gasteiger partial charge in [0.25, 0.3) is 0 Å². The minimum Gasteiger partial charge on any atom is -0.348 e. The third-order valence-electron chi connectivity index (χ3n) is 7.28. The van der Waals surface area contributed by atoms with Crippen molar-refractivity contribution in [2.75, 3.05) is 19.6 Å². The number of nitrogens with zero attached hydrogens (tertiary/aromatic N) is 3. The van der Waals surface area contributed by atoms with E-state index in [1.807, 2.05) is 4.90 Å². The molecule has 2 amide bonds. The lowest BCUT2D eigenvalue weighted by Gasteiger charge is -2.52. The van der Waals surface area contributed by atoms with Gasteiger partial charge < -0.3 is 14.8 Å². The van der Waals surface area contributed by atoms with E-state index in [-0.39, 0.29) is 23.4 Å². The third kappa shape index (κ3) is 2.76. The van der Waals surface area contributed by atoms with Crippen LogP contribution in [0.1, 0.15) is 56.8 Å². The quantitative estimate of drug-likeness (QED) is 0.695. The molecule has 1 aromatic heterocycles. The van der Waals surface area contributed by atoms with Crippen LogP contribution >= 0.6 is 0 Å². The van der Waals surface area contributed by atoms with Gasteiger partial charge in [-0.25, -0.2) is 10.4 Å². The molecule has 2 unspecified atom stereocenters. The van der Waals surface area contributed by atoms with Crippen molar-refractivity contribution in [3.8, 4) is 0 Å². The van der Waals surface area contributed by atoms with Gasteiger partial charge in [-0.2, -0.15) is 0 Å². The predicted molar refractivity (Wildman–Crippen MR) is 103 cm³/mol. The lowest BCUT2D eigenvalue weighted by atomic mass is 9.76. The molecule has 28 heavy (non-hydrogen) atoms. The van der Waals surface area contributed by atoms with Gasteiger partial charge in [-0.05, 0) is 39.0 Å². The number of aromatic nitrogens is 2. The van der Waals surface area contributed by atoms with Crippen molar-refractivity contribution in [3.63, 3.8) is 0 Å². The average Bonchev–Trinajstić information content (AvgIpc) is 3.30. The second-order valence-electron chi connectivity index (χ2n) is 8.93. The molecule has 3 N–H and O–H groups in total. The first-order valence-corrected chi connectivity index (χ1v) is 10.7. The van der Waals surface area contributed by atoms with Gasteiger partial charge in [-0.3, -0.25) is 15.0 Å². The minimum absolute atomic E-state index is 0.149. The maximum Gasteiger partial charge on any atom is 0.241 e. The van der Waals surface area contributed by atoms with Gasteiger partial charge in [0.1, 0.15) is 6.04 Å². The van der Waals surface area contributed by atoms with E-state index in [0.29, 0.717) is 25.0 Å². The maximum absolute atomic E-state index is 13.2. The summed E-state index contributed by atoms with van der Waals surface area (Å²) in [5.41, 5.74) is 8.10. The largest absolute Gasteiger partial charge is 0.348 e. The first-order valence-electron chi connectivity index (χ1n) is 10.7. The number of hydrogen-bond acceptors (Lipinski definition) is 5. The van der Waals surface area contributed by atoms with Crippen LogP contribution in [-0.2, 0) is 21.5 Å². The molecule has 0 bridgehead atoms. The Morgan fingerprint density at radius 2 is 1.93 bits per heavy atom. The van der Waals surface area contributed by atoms with Gasteiger partial charge in [0.2, 0.25) is 11.8 Å². The summed E-state index contributed by atoms with van der Waals surface area (Å²) in [4.78, 5) is 38.2. The Bertz CT molecular complexity index is 765. The van der Waals surface area contributed by atoms with Gasteiger partial charge in [0.15, 0.2) is 0 Å². The highest BCUT2D eigenvalue weighted by molar-refractivity contribution is 5.83. The lowest BCUT2D eigenvalue weighted by molar-refractivity contribution is -0.151. The Labute approximate surface area is 165 Å². The van der Waals surface area contributed by atoms with Crippen molar-refractivity contribution >= 4 is 11.8 Å². The summed E-state index contributed by atoms with van der Waals surface area (Å²) < 4.78 is 0. The molecule has 1 aliphatic carbocycles. The van der Waals surface area contributed by atoms with Crippen LogP contribution in [-0.4, -0.2) is 63.3 Å². The second-order valence-corrected chi connectivity index (χ2v) is 8.93. The van der Waals surface area contributed by atoms with E-state index in [1.54, 1.807) is 6.33 Å². The lowest BCUT2D eigenvalue weighted by Crippen LogP contribution is -2.61. The van der Waals surface area contributed by atoms with Crippen molar-refractivity contribution in [1.29, 1.82) is 0 Å². The van der Waals surface area contributed by atoms with Crippen LogP contribution in [0.2, 0.25) is 0 Å². The number of imidazole rings is 1. The molecule has 5 rings (SSSR count). The van der Waals surface area contributed by atoms with E-state index < -0.39 is 0 Å². The zero-order valence-electron chi connectivity index (χ0n) is 16.5. The van der Waals surface area contributed by atoms with Crippen LogP contribution in [0.25, 0.3) is 0 Å². The summed E-state index contributed by atoms with van der Waals surface area (Å²) in [5, 5.41) is 0. The van der Waals surface area contributed by atoms with Crippen molar-refractivity contribution in [3.05, 3.63) is 17.7 Å². The highest BCUT2D eigenvalue weighted by Crippen LogP contribution is 2.44. The summed E-state index contributed by atoms with van der Waals surface area (Å²) in [7, 11) is 0. The molecule has 8 heteroatoms. The van der Waals surface area contributed by atoms with Crippen LogP contribution < -0.4 is 10.9 Å². The Hall–Kier alpha value is -1.93. The molecule has 4 heterocycles. The number of nitrogens with one attached hydrogen (secondary N) is 3. The molecular weight excluding hydrogens is 356 g/mol. The number of hydrogen-bond donors (Lipinski definition) is 3. The van der Waals surface area contributed by atoms with Crippen molar-refractivity contribution in [1.82, 2.24) is 30.6 Å². The van der Waals surface area contributed by atoms with Crippen LogP contribution in [0, 0.1) is 5.92 Å². The molecule has 0 aromatic carbocycles. The molecule has 8 nitrogen and oxygen atoms in total. The Morgan fingerprint density at radius 3 is 2.57 bits per heavy atom. The van der Waals surface area contributed by atoms with Crippen molar-refractivity contribution in [2.45, 2.75) is 69.5 Å². The number of carbonyl (C=O) groups excluding carboxylic acids is 2. The van der Waals surface area contributed by atoms with Crippen LogP contribution in [0.15, 0.2) is 6.33 Å². The SMILES string of the molecule is CC1CC(C(=O)N2CCC3(CC2)c2nc[nH]c2CCN3C(=O)C2CCC2)NN1. The first kappa shape index (κ1) is 18.1. The molecule has 1 spiro atoms. The van der Waals surface area contributed by atoms with Gasteiger partial charge >= 0.3 is 0 Å². The number of H-pyrrole nitrogens is 1. The monoisotopic (exact) mass is 386 g/mol. The maximum atomic E-state index is 13.2. The summed E-state index contributed by atoms with van der Waals surface area (Å²) >= 11 is 0. The summed E-state index contributed by atoms with van der Waals surface area (Å²) in [5.74, 6) is 0.657. The van der Waals surface area contributed by atoms with Crippen molar-refractivity contribution < 1.29 is 9.59 Å². The fraction of sp³-hybridized carbons (Fsp3) is 0.750. The predicted octanol–water partition coefficient (Wildman–Crippen LogP) is 0.667. The second kappa shape index (κ2) is 6.84. The van der Waals surface area contributed by atoms with E-state index in [9.17, 15) is 9.59 Å². The fourth-order valence-corrected chi connectivity index (χ4v) is 5.38. The Kier molecular flexibility index (Phi) is 4.43. The molecule has 3 fully saturated rings. The standard InChI is InChI=1S/C20H30N6O2/c1-13-11-16(24-23-13)19(28)25-9-6-20(7-10-25)17-15(21-12-22-17)5-8-26(20)18(27)14-3-2-4-14/h12-14,16,23-24H,2-11H2,1H3,(H,21,22). The molecule has 152 valence electrons. The normalized spacial score (nSPS) is 29.6. The van der Waals surface area contributed by atoms with Crippen LogP contribution in [0.4, 0.5) is 0 Å². The number of carbonyl (C=O) groups is 2. The Morgan fingerprint density at radius 1 is 1.14 bits per heavy atom. The van der Waals surface area contributed by atoms with E-state index in [4.69, 9.17) is 0 Å². The number of likely N-dealkylation sites (tertiary alicyclic amines) is 1. The number of hydrazine groups is 1. The topological polar surface area (TPSA) is 93.4 Å². The van der Waals surface area contributed by atoms with Crippen LogP contribution in [0.5, 0.6) is 0 Å². The van der Waals surface area contributed by atoms with E-state index in [2.05, 4.69) is 32.6 Å². The van der Waals surface area contributed by atoms with E-state index in [0.717, 1.165) is 62.9 Å².